The third-order valence-electron chi connectivity index (χ3n) is 6.86. The number of nitriles is 1. The van der Waals surface area contributed by atoms with Crippen molar-refractivity contribution in [1.82, 2.24) is 9.38 Å². The van der Waals surface area contributed by atoms with Crippen LogP contribution in [0.15, 0.2) is 60.2 Å². The van der Waals surface area contributed by atoms with Crippen molar-refractivity contribution in [2.75, 3.05) is 11.9 Å². The number of rotatable bonds is 6. The molecule has 0 saturated carbocycles. The largest absolute Gasteiger partial charge is 0.371 e. The van der Waals surface area contributed by atoms with E-state index in [1.165, 1.54) is 42.4 Å². The number of anilines is 1. The molecule has 33 heavy (non-hydrogen) atoms. The second-order valence-corrected chi connectivity index (χ2v) is 9.15. The molecule has 4 aromatic rings. The number of imidazole rings is 1. The van der Waals surface area contributed by atoms with E-state index in [-0.39, 0.29) is 0 Å². The Bertz CT molecular complexity index is 1380. The Morgan fingerprint density at radius 2 is 1.88 bits per heavy atom. The van der Waals surface area contributed by atoms with Crippen molar-refractivity contribution in [3.8, 4) is 6.07 Å². The van der Waals surface area contributed by atoms with E-state index >= 15 is 0 Å². The van der Waals surface area contributed by atoms with E-state index in [4.69, 9.17) is 4.98 Å². The molecule has 0 atom stereocenters. The number of pyridine rings is 1. The lowest BCUT2D eigenvalue weighted by atomic mass is 9.96. The summed E-state index contributed by atoms with van der Waals surface area (Å²) in [7, 11) is 0. The SMILES string of the molecule is Cc1ccc(Cc2c(C)c(C#N)c3nc4ccccc4n3c2NCCC2=CCCCC2)cc1. The molecule has 5 rings (SSSR count). The number of nitrogens with one attached hydrogen (secondary N) is 1. The van der Waals surface area contributed by atoms with Gasteiger partial charge in [-0.3, -0.25) is 4.40 Å². The number of aryl methyl sites for hydroxylation is 1. The molecule has 0 spiro atoms. The van der Waals surface area contributed by atoms with Gasteiger partial charge in [-0.25, -0.2) is 4.98 Å². The van der Waals surface area contributed by atoms with Gasteiger partial charge in [0.2, 0.25) is 0 Å². The number of nitrogens with zero attached hydrogens (tertiary/aromatic N) is 3. The van der Waals surface area contributed by atoms with Gasteiger partial charge in [0.25, 0.3) is 0 Å². The molecule has 0 aliphatic heterocycles. The Morgan fingerprint density at radius 3 is 2.64 bits per heavy atom. The lowest BCUT2D eigenvalue weighted by Crippen LogP contribution is -2.13. The zero-order valence-corrected chi connectivity index (χ0v) is 19.5. The lowest BCUT2D eigenvalue weighted by molar-refractivity contribution is 0.679. The number of hydrogen-bond donors (Lipinski definition) is 1. The fourth-order valence-corrected chi connectivity index (χ4v) is 4.97. The van der Waals surface area contributed by atoms with Crippen LogP contribution in [0.1, 0.15) is 59.9 Å². The maximum atomic E-state index is 10.1. The third kappa shape index (κ3) is 4.12. The monoisotopic (exact) mass is 434 g/mol. The molecule has 4 nitrogen and oxygen atoms in total. The van der Waals surface area contributed by atoms with Gasteiger partial charge >= 0.3 is 0 Å². The molecule has 0 amide bonds. The van der Waals surface area contributed by atoms with Crippen molar-refractivity contribution in [3.63, 3.8) is 0 Å². The van der Waals surface area contributed by atoms with Crippen LogP contribution in [-0.2, 0) is 6.42 Å². The van der Waals surface area contributed by atoms with Crippen LogP contribution >= 0.6 is 0 Å². The van der Waals surface area contributed by atoms with Crippen molar-refractivity contribution in [1.29, 1.82) is 5.26 Å². The molecule has 0 unspecified atom stereocenters. The van der Waals surface area contributed by atoms with Gasteiger partial charge in [0, 0.05) is 18.5 Å². The summed E-state index contributed by atoms with van der Waals surface area (Å²) < 4.78 is 2.17. The fraction of sp³-hybridized carbons (Fsp3) is 0.310. The van der Waals surface area contributed by atoms with Crippen LogP contribution in [0.5, 0.6) is 0 Å². The summed E-state index contributed by atoms with van der Waals surface area (Å²) in [5, 5.41) is 13.9. The third-order valence-corrected chi connectivity index (χ3v) is 6.86. The molecule has 0 saturated heterocycles. The Morgan fingerprint density at radius 1 is 1.06 bits per heavy atom. The van der Waals surface area contributed by atoms with Gasteiger partial charge in [-0.2, -0.15) is 5.26 Å². The number of benzene rings is 2. The van der Waals surface area contributed by atoms with Crippen LogP contribution in [0.25, 0.3) is 16.7 Å². The molecule has 166 valence electrons. The molecule has 4 heteroatoms. The van der Waals surface area contributed by atoms with E-state index in [2.05, 4.69) is 66.0 Å². The quantitative estimate of drug-likeness (QED) is 0.337. The minimum absolute atomic E-state index is 0.661. The first-order valence-corrected chi connectivity index (χ1v) is 12.0. The van der Waals surface area contributed by atoms with Gasteiger partial charge in [0.15, 0.2) is 5.65 Å². The molecule has 1 aliphatic carbocycles. The number of aromatic nitrogens is 2. The van der Waals surface area contributed by atoms with Crippen LogP contribution in [-0.4, -0.2) is 15.9 Å². The van der Waals surface area contributed by atoms with Gasteiger partial charge in [0.05, 0.1) is 16.6 Å². The second-order valence-electron chi connectivity index (χ2n) is 9.15. The van der Waals surface area contributed by atoms with Crippen molar-refractivity contribution in [2.24, 2.45) is 0 Å². The summed E-state index contributed by atoms with van der Waals surface area (Å²) >= 11 is 0. The Labute approximate surface area is 195 Å². The first-order valence-electron chi connectivity index (χ1n) is 12.0. The van der Waals surface area contributed by atoms with E-state index in [0.29, 0.717) is 5.56 Å². The van der Waals surface area contributed by atoms with Crippen LogP contribution < -0.4 is 5.32 Å². The van der Waals surface area contributed by atoms with Crippen molar-refractivity contribution >= 4 is 22.5 Å². The molecule has 0 bridgehead atoms. The molecular formula is C29H30N4. The molecule has 2 aromatic carbocycles. The number of allylic oxidation sites excluding steroid dienone is 1. The topological polar surface area (TPSA) is 53.1 Å². The molecule has 2 heterocycles. The highest BCUT2D eigenvalue weighted by Crippen LogP contribution is 2.33. The minimum atomic E-state index is 0.661. The van der Waals surface area contributed by atoms with Crippen molar-refractivity contribution < 1.29 is 0 Å². The van der Waals surface area contributed by atoms with Crippen LogP contribution in [0, 0.1) is 25.2 Å². The first-order chi connectivity index (χ1) is 16.2. The summed E-state index contributed by atoms with van der Waals surface area (Å²) in [6.07, 6.45) is 9.29. The first kappa shape index (κ1) is 21.3. The molecule has 0 radical (unpaired) electrons. The van der Waals surface area contributed by atoms with Gasteiger partial charge in [-0.1, -0.05) is 53.6 Å². The number of fused-ring (bicyclic) bond motifs is 3. The zero-order chi connectivity index (χ0) is 22.8. The van der Waals surface area contributed by atoms with Crippen LogP contribution in [0.4, 0.5) is 5.82 Å². The predicted molar refractivity (Wildman–Crippen MR) is 136 cm³/mol. The fourth-order valence-electron chi connectivity index (χ4n) is 4.97. The summed E-state index contributed by atoms with van der Waals surface area (Å²) in [5.41, 5.74) is 9.59. The Kier molecular flexibility index (Phi) is 5.88. The highest BCUT2D eigenvalue weighted by molar-refractivity contribution is 5.86. The van der Waals surface area contributed by atoms with Crippen LogP contribution in [0.2, 0.25) is 0 Å². The summed E-state index contributed by atoms with van der Waals surface area (Å²) in [4.78, 5) is 4.85. The Balaban J connectivity index is 1.65. The molecule has 0 fully saturated rings. The minimum Gasteiger partial charge on any atom is -0.371 e. The van der Waals surface area contributed by atoms with Crippen molar-refractivity contribution in [3.05, 3.63) is 88.0 Å². The van der Waals surface area contributed by atoms with E-state index in [0.717, 1.165) is 47.4 Å². The van der Waals surface area contributed by atoms with Gasteiger partial charge in [-0.15, -0.1) is 0 Å². The summed E-state index contributed by atoms with van der Waals surface area (Å²) in [6.45, 7) is 5.05. The molecule has 1 aliphatic rings. The average molecular weight is 435 g/mol. The summed E-state index contributed by atoms with van der Waals surface area (Å²) in [6, 6.07) is 19.3. The average Bonchev–Trinajstić information content (AvgIpc) is 3.22. The van der Waals surface area contributed by atoms with E-state index in [1.54, 1.807) is 5.57 Å². The van der Waals surface area contributed by atoms with Gasteiger partial charge < -0.3 is 5.32 Å². The highest BCUT2D eigenvalue weighted by Gasteiger charge is 2.21. The zero-order valence-electron chi connectivity index (χ0n) is 19.5. The van der Waals surface area contributed by atoms with E-state index < -0.39 is 0 Å². The summed E-state index contributed by atoms with van der Waals surface area (Å²) in [5.74, 6) is 1.06. The number of hydrogen-bond acceptors (Lipinski definition) is 3. The van der Waals surface area contributed by atoms with Gasteiger partial charge in [-0.05, 0) is 69.2 Å². The molecule has 1 N–H and O–H groups in total. The maximum Gasteiger partial charge on any atom is 0.157 e. The van der Waals surface area contributed by atoms with Crippen LogP contribution in [0.3, 0.4) is 0 Å². The predicted octanol–water partition coefficient (Wildman–Crippen LogP) is 6.87. The smallest absolute Gasteiger partial charge is 0.157 e. The van der Waals surface area contributed by atoms with Crippen molar-refractivity contribution in [2.45, 2.75) is 52.4 Å². The second kappa shape index (κ2) is 9.11. The maximum absolute atomic E-state index is 10.1. The van der Waals surface area contributed by atoms with E-state index in [1.807, 2.05) is 18.2 Å². The molecular weight excluding hydrogens is 404 g/mol. The van der Waals surface area contributed by atoms with E-state index in [9.17, 15) is 5.26 Å². The molecule has 2 aromatic heterocycles. The number of para-hydroxylation sites is 2. The standard InChI is InChI=1S/C29H30N4/c1-20-12-14-23(15-13-20)18-24-21(2)25(19-30)29-32-26-10-6-7-11-27(26)33(29)28(24)31-17-16-22-8-4-3-5-9-22/h6-8,10-15,31H,3-5,9,16-18H2,1-2H3. The lowest BCUT2D eigenvalue weighted by Gasteiger charge is -2.20. The normalized spacial score (nSPS) is 13.8. The highest BCUT2D eigenvalue weighted by atomic mass is 15.1. The Hall–Kier alpha value is -3.58. The van der Waals surface area contributed by atoms with Gasteiger partial charge in [0.1, 0.15) is 11.9 Å².